The van der Waals surface area contributed by atoms with E-state index in [0.29, 0.717) is 0 Å². The molecule has 1 atom stereocenters. The van der Waals surface area contributed by atoms with Crippen LogP contribution in [0.15, 0.2) is 50.7 Å². The van der Waals surface area contributed by atoms with Gasteiger partial charge < -0.3 is 5.32 Å². The Balaban J connectivity index is 2.19. The number of hydrogen-bond donors (Lipinski definition) is 1. The highest BCUT2D eigenvalue weighted by Crippen LogP contribution is 2.39. The predicted molar refractivity (Wildman–Crippen MR) is 99.3 cm³/mol. The van der Waals surface area contributed by atoms with Crippen molar-refractivity contribution in [2.24, 2.45) is 0 Å². The van der Waals surface area contributed by atoms with Crippen LogP contribution >= 0.6 is 43.2 Å². The Bertz CT molecular complexity index is 795. The molecule has 1 aromatic heterocycles. The van der Waals surface area contributed by atoms with Gasteiger partial charge in [-0.1, -0.05) is 46.3 Å². The molecule has 0 saturated heterocycles. The zero-order chi connectivity index (χ0) is 15.0. The first-order chi connectivity index (χ1) is 10.1. The van der Waals surface area contributed by atoms with E-state index >= 15 is 0 Å². The molecule has 1 heterocycles. The quantitative estimate of drug-likeness (QED) is 0.540. The second-order valence-electron chi connectivity index (χ2n) is 5.01. The summed E-state index contributed by atoms with van der Waals surface area (Å²) >= 11 is 9.17. The highest BCUT2D eigenvalue weighted by atomic mass is 79.9. The van der Waals surface area contributed by atoms with Crippen molar-refractivity contribution in [3.8, 4) is 0 Å². The predicted octanol–water partition coefficient (Wildman–Crippen LogP) is 6.04. The van der Waals surface area contributed by atoms with Gasteiger partial charge in [0.15, 0.2) is 0 Å². The molecule has 3 aromatic rings. The topological polar surface area (TPSA) is 12.0 Å². The first-order valence-electron chi connectivity index (χ1n) is 6.71. The van der Waals surface area contributed by atoms with Gasteiger partial charge in [-0.15, -0.1) is 11.3 Å². The maximum Gasteiger partial charge on any atom is 0.0599 e. The Morgan fingerprint density at radius 1 is 1.05 bits per heavy atom. The summed E-state index contributed by atoms with van der Waals surface area (Å²) in [4.78, 5) is 0. The molecule has 0 fully saturated rings. The largest absolute Gasteiger partial charge is 0.309 e. The van der Waals surface area contributed by atoms with Crippen LogP contribution in [0.5, 0.6) is 0 Å². The smallest absolute Gasteiger partial charge is 0.0599 e. The van der Waals surface area contributed by atoms with E-state index in [1.54, 1.807) is 11.3 Å². The van der Waals surface area contributed by atoms with E-state index in [-0.39, 0.29) is 6.04 Å². The zero-order valence-electron chi connectivity index (χ0n) is 11.8. The minimum Gasteiger partial charge on any atom is -0.309 e. The summed E-state index contributed by atoms with van der Waals surface area (Å²) in [6.45, 7) is 2.13. The molecule has 1 unspecified atom stereocenters. The van der Waals surface area contributed by atoms with E-state index in [4.69, 9.17) is 0 Å². The van der Waals surface area contributed by atoms with E-state index in [1.165, 1.54) is 31.2 Å². The summed E-state index contributed by atoms with van der Waals surface area (Å²) < 4.78 is 3.64. The van der Waals surface area contributed by atoms with Gasteiger partial charge in [-0.3, -0.25) is 0 Å². The van der Waals surface area contributed by atoms with Crippen molar-refractivity contribution in [3.05, 3.63) is 67.4 Å². The van der Waals surface area contributed by atoms with Crippen LogP contribution < -0.4 is 5.32 Å². The van der Waals surface area contributed by atoms with Gasteiger partial charge in [-0.25, -0.2) is 0 Å². The molecule has 0 bridgehead atoms. The van der Waals surface area contributed by atoms with Crippen molar-refractivity contribution < 1.29 is 0 Å². The molecule has 2 aromatic carbocycles. The van der Waals surface area contributed by atoms with Gasteiger partial charge in [0.05, 0.1) is 6.04 Å². The molecule has 0 spiro atoms. The van der Waals surface area contributed by atoms with Gasteiger partial charge in [0.1, 0.15) is 0 Å². The molecule has 0 amide bonds. The van der Waals surface area contributed by atoms with Gasteiger partial charge in [0.25, 0.3) is 0 Å². The first-order valence-corrected chi connectivity index (χ1v) is 9.18. The van der Waals surface area contributed by atoms with Crippen LogP contribution in [0.4, 0.5) is 0 Å². The highest BCUT2D eigenvalue weighted by Gasteiger charge is 2.19. The summed E-state index contributed by atoms with van der Waals surface area (Å²) in [5.41, 5.74) is 3.86. The third-order valence-electron chi connectivity index (χ3n) is 3.71. The van der Waals surface area contributed by atoms with Crippen molar-refractivity contribution >= 4 is 53.3 Å². The molecule has 0 radical (unpaired) electrons. The van der Waals surface area contributed by atoms with Gasteiger partial charge in [-0.2, -0.15) is 0 Å². The molecular formula is C17H15Br2NS. The number of nitrogens with one attached hydrogen (secondary N) is 1. The lowest BCUT2D eigenvalue weighted by Crippen LogP contribution is -2.18. The van der Waals surface area contributed by atoms with Gasteiger partial charge >= 0.3 is 0 Å². The first kappa shape index (κ1) is 15.2. The average Bonchev–Trinajstić information content (AvgIpc) is 2.90. The van der Waals surface area contributed by atoms with Crippen LogP contribution in [0.3, 0.4) is 0 Å². The SMILES string of the molecule is CNC(c1cccc(C)c1Br)c1csc2c(Br)cccc12. The summed E-state index contributed by atoms with van der Waals surface area (Å²) in [7, 11) is 2.01. The van der Waals surface area contributed by atoms with E-state index in [1.807, 2.05) is 7.05 Å². The number of aryl methyl sites for hydroxylation is 1. The lowest BCUT2D eigenvalue weighted by Gasteiger charge is -2.19. The second-order valence-corrected chi connectivity index (χ2v) is 7.53. The fourth-order valence-electron chi connectivity index (χ4n) is 2.64. The van der Waals surface area contributed by atoms with E-state index in [0.717, 1.165) is 4.47 Å². The van der Waals surface area contributed by atoms with Crippen LogP contribution in [0.25, 0.3) is 10.1 Å². The fourth-order valence-corrected chi connectivity index (χ4v) is 4.78. The number of hydrogen-bond acceptors (Lipinski definition) is 2. The highest BCUT2D eigenvalue weighted by molar-refractivity contribution is 9.11. The normalized spacial score (nSPS) is 12.8. The number of halogens is 2. The van der Waals surface area contributed by atoms with E-state index in [2.05, 4.69) is 85.9 Å². The van der Waals surface area contributed by atoms with Gasteiger partial charge in [-0.05, 0) is 63.4 Å². The maximum absolute atomic E-state index is 3.74. The third kappa shape index (κ3) is 2.70. The monoisotopic (exact) mass is 423 g/mol. The molecule has 3 rings (SSSR count). The van der Waals surface area contributed by atoms with Crippen LogP contribution in [0.2, 0.25) is 0 Å². The van der Waals surface area contributed by atoms with Crippen LogP contribution in [-0.2, 0) is 0 Å². The minimum absolute atomic E-state index is 0.183. The molecule has 21 heavy (non-hydrogen) atoms. The molecule has 1 nitrogen and oxygen atoms in total. The summed E-state index contributed by atoms with van der Waals surface area (Å²) in [6.07, 6.45) is 0. The average molecular weight is 425 g/mol. The van der Waals surface area contributed by atoms with Crippen molar-refractivity contribution in [3.63, 3.8) is 0 Å². The minimum atomic E-state index is 0.183. The van der Waals surface area contributed by atoms with Crippen molar-refractivity contribution in [1.29, 1.82) is 0 Å². The number of fused-ring (bicyclic) bond motifs is 1. The fraction of sp³-hybridized carbons (Fsp3) is 0.176. The van der Waals surface area contributed by atoms with Crippen molar-refractivity contribution in [2.75, 3.05) is 7.05 Å². The van der Waals surface area contributed by atoms with E-state index in [9.17, 15) is 0 Å². The number of rotatable bonds is 3. The second kappa shape index (κ2) is 6.21. The van der Waals surface area contributed by atoms with Crippen LogP contribution in [0, 0.1) is 6.92 Å². The summed E-state index contributed by atoms with van der Waals surface area (Å²) in [6, 6.07) is 13.0. The van der Waals surface area contributed by atoms with E-state index < -0.39 is 0 Å². The summed E-state index contributed by atoms with van der Waals surface area (Å²) in [5.74, 6) is 0. The number of thiophene rings is 1. The molecule has 0 aliphatic rings. The maximum atomic E-state index is 3.74. The lowest BCUT2D eigenvalue weighted by atomic mass is 9.97. The standard InChI is InChI=1S/C17H15Br2NS/c1-10-5-3-7-12(15(10)19)16(20-2)13-9-21-17-11(13)6-4-8-14(17)18/h3-9,16,20H,1-2H3. The molecule has 0 aliphatic carbocycles. The zero-order valence-corrected chi connectivity index (χ0v) is 15.8. The molecule has 0 aliphatic heterocycles. The summed E-state index contributed by atoms with van der Waals surface area (Å²) in [5, 5.41) is 7.02. The van der Waals surface area contributed by atoms with Crippen LogP contribution in [0.1, 0.15) is 22.7 Å². The third-order valence-corrected chi connectivity index (χ3v) is 6.77. The molecule has 1 N–H and O–H groups in total. The Hall–Kier alpha value is -0.680. The Labute approximate surface area is 145 Å². The van der Waals surface area contributed by atoms with Gasteiger partial charge in [0, 0.05) is 13.6 Å². The Kier molecular flexibility index (Phi) is 4.50. The van der Waals surface area contributed by atoms with Crippen LogP contribution in [-0.4, -0.2) is 7.05 Å². The molecule has 0 saturated carbocycles. The van der Waals surface area contributed by atoms with Gasteiger partial charge in [0.2, 0.25) is 0 Å². The Morgan fingerprint density at radius 3 is 2.57 bits per heavy atom. The van der Waals surface area contributed by atoms with Crippen molar-refractivity contribution in [1.82, 2.24) is 5.32 Å². The molecule has 4 heteroatoms. The lowest BCUT2D eigenvalue weighted by molar-refractivity contribution is 0.695. The molecule has 108 valence electrons. The Morgan fingerprint density at radius 2 is 1.81 bits per heavy atom. The number of benzene rings is 2. The molecular weight excluding hydrogens is 410 g/mol. The van der Waals surface area contributed by atoms with Crippen molar-refractivity contribution in [2.45, 2.75) is 13.0 Å².